The van der Waals surface area contributed by atoms with Crippen LogP contribution in [0.1, 0.15) is 15.9 Å². The van der Waals surface area contributed by atoms with E-state index in [0.29, 0.717) is 15.8 Å². The molecular weight excluding hydrogens is 570 g/mol. The van der Waals surface area contributed by atoms with Crippen molar-refractivity contribution in [3.63, 3.8) is 0 Å². The second kappa shape index (κ2) is 10.9. The van der Waals surface area contributed by atoms with E-state index in [4.69, 9.17) is 16.3 Å². The van der Waals surface area contributed by atoms with Gasteiger partial charge in [0, 0.05) is 53.6 Å². The van der Waals surface area contributed by atoms with Gasteiger partial charge in [-0.25, -0.2) is 0 Å². The van der Waals surface area contributed by atoms with E-state index in [1.165, 1.54) is 5.56 Å². The Balaban J connectivity index is 1.36. The summed E-state index contributed by atoms with van der Waals surface area (Å²) >= 11 is 13.2. The predicted octanol–water partition coefficient (Wildman–Crippen LogP) is 6.45. The van der Waals surface area contributed by atoms with Crippen molar-refractivity contribution < 1.29 is 9.53 Å². The first kappa shape index (κ1) is 24.1. The first-order valence-electron chi connectivity index (χ1n) is 10.6. The van der Waals surface area contributed by atoms with Crippen molar-refractivity contribution in [3.05, 3.63) is 85.8 Å². The minimum Gasteiger partial charge on any atom is -0.495 e. The molecule has 1 heterocycles. The Kier molecular flexibility index (Phi) is 7.96. The SMILES string of the molecule is COc1c(Br)cc(Br)cc1C(=O)Nc1ccc(N2CCN(Cc3ccccc3Cl)CC2)cc1. The van der Waals surface area contributed by atoms with Crippen molar-refractivity contribution in [1.82, 2.24) is 4.90 Å². The normalized spacial score (nSPS) is 14.2. The van der Waals surface area contributed by atoms with Gasteiger partial charge in [0.15, 0.2) is 0 Å². The molecule has 3 aromatic carbocycles. The van der Waals surface area contributed by atoms with E-state index in [2.05, 4.69) is 53.0 Å². The topological polar surface area (TPSA) is 44.8 Å². The average molecular weight is 594 g/mol. The second-order valence-electron chi connectivity index (χ2n) is 7.82. The van der Waals surface area contributed by atoms with Gasteiger partial charge in [-0.05, 0) is 64.0 Å². The standard InChI is InChI=1S/C25H24Br2ClN3O2/c1-33-24-21(14-18(26)15-22(24)27)25(32)29-19-6-8-20(9-7-19)31-12-10-30(11-13-31)16-17-4-2-3-5-23(17)28/h2-9,14-15H,10-13,16H2,1H3,(H,29,32). The number of ether oxygens (including phenoxy) is 1. The van der Waals surface area contributed by atoms with Crippen LogP contribution in [-0.4, -0.2) is 44.1 Å². The molecule has 0 unspecified atom stereocenters. The predicted molar refractivity (Wildman–Crippen MR) is 142 cm³/mol. The van der Waals surface area contributed by atoms with E-state index >= 15 is 0 Å². The second-order valence-corrected chi connectivity index (χ2v) is 10.0. The number of amides is 1. The number of rotatable bonds is 6. The summed E-state index contributed by atoms with van der Waals surface area (Å²) in [4.78, 5) is 17.6. The first-order chi connectivity index (χ1) is 15.9. The van der Waals surface area contributed by atoms with Crippen molar-refractivity contribution >= 4 is 60.7 Å². The molecule has 0 radical (unpaired) electrons. The number of methoxy groups -OCH3 is 1. The van der Waals surface area contributed by atoms with Crippen LogP contribution in [0.15, 0.2) is 69.6 Å². The van der Waals surface area contributed by atoms with Gasteiger partial charge in [-0.1, -0.05) is 45.7 Å². The Morgan fingerprint density at radius 1 is 1.03 bits per heavy atom. The molecule has 0 aliphatic carbocycles. The number of carbonyl (C=O) groups excluding carboxylic acids is 1. The lowest BCUT2D eigenvalue weighted by molar-refractivity contribution is 0.102. The molecule has 5 nitrogen and oxygen atoms in total. The van der Waals surface area contributed by atoms with Gasteiger partial charge in [-0.3, -0.25) is 9.69 Å². The molecule has 0 saturated carbocycles. The maximum atomic E-state index is 12.8. The van der Waals surface area contributed by atoms with Crippen molar-refractivity contribution in [1.29, 1.82) is 0 Å². The van der Waals surface area contributed by atoms with Gasteiger partial charge >= 0.3 is 0 Å². The van der Waals surface area contributed by atoms with E-state index in [0.717, 1.165) is 53.6 Å². The summed E-state index contributed by atoms with van der Waals surface area (Å²) in [6.07, 6.45) is 0. The Morgan fingerprint density at radius 3 is 2.39 bits per heavy atom. The number of hydrogen-bond donors (Lipinski definition) is 1. The molecule has 0 aromatic heterocycles. The summed E-state index contributed by atoms with van der Waals surface area (Å²) in [5.74, 6) is 0.275. The van der Waals surface area contributed by atoms with E-state index < -0.39 is 0 Å². The van der Waals surface area contributed by atoms with Crippen LogP contribution in [0.3, 0.4) is 0 Å². The summed E-state index contributed by atoms with van der Waals surface area (Å²) in [7, 11) is 1.55. The molecule has 0 spiro atoms. The maximum Gasteiger partial charge on any atom is 0.259 e. The maximum absolute atomic E-state index is 12.8. The number of piperazine rings is 1. The van der Waals surface area contributed by atoms with Crippen molar-refractivity contribution in [2.45, 2.75) is 6.54 Å². The minimum atomic E-state index is -0.227. The number of carbonyl (C=O) groups is 1. The van der Waals surface area contributed by atoms with Gasteiger partial charge in [0.1, 0.15) is 5.75 Å². The first-order valence-corrected chi connectivity index (χ1v) is 12.6. The lowest BCUT2D eigenvalue weighted by atomic mass is 10.1. The molecule has 1 amide bonds. The monoisotopic (exact) mass is 591 g/mol. The highest BCUT2D eigenvalue weighted by molar-refractivity contribution is 9.11. The minimum absolute atomic E-state index is 0.227. The molecule has 1 fully saturated rings. The third-order valence-corrected chi connectivity index (χ3v) is 7.09. The van der Waals surface area contributed by atoms with Crippen LogP contribution in [0.5, 0.6) is 5.75 Å². The lowest BCUT2D eigenvalue weighted by Crippen LogP contribution is -2.46. The number of hydrogen-bond acceptors (Lipinski definition) is 4. The molecule has 0 atom stereocenters. The number of anilines is 2. The number of nitrogens with one attached hydrogen (secondary N) is 1. The number of benzene rings is 3. The Bertz CT molecular complexity index is 1130. The van der Waals surface area contributed by atoms with Gasteiger partial charge in [0.2, 0.25) is 0 Å². The number of halogens is 3. The Hall–Kier alpha value is -2.06. The molecule has 8 heteroatoms. The molecular formula is C25H24Br2ClN3O2. The van der Waals surface area contributed by atoms with Crippen LogP contribution in [0.25, 0.3) is 0 Å². The highest BCUT2D eigenvalue weighted by Gasteiger charge is 2.19. The largest absolute Gasteiger partial charge is 0.495 e. The molecule has 1 aliphatic heterocycles. The molecule has 4 rings (SSSR count). The molecule has 33 heavy (non-hydrogen) atoms. The molecule has 3 aromatic rings. The van der Waals surface area contributed by atoms with Crippen LogP contribution in [0, 0.1) is 0 Å². The van der Waals surface area contributed by atoms with E-state index in [-0.39, 0.29) is 5.91 Å². The molecule has 1 N–H and O–H groups in total. The summed E-state index contributed by atoms with van der Waals surface area (Å²) in [6, 6.07) is 19.6. The van der Waals surface area contributed by atoms with Crippen LogP contribution >= 0.6 is 43.5 Å². The van der Waals surface area contributed by atoms with E-state index in [1.807, 2.05) is 48.5 Å². The Morgan fingerprint density at radius 2 is 1.73 bits per heavy atom. The van der Waals surface area contributed by atoms with E-state index in [1.54, 1.807) is 13.2 Å². The smallest absolute Gasteiger partial charge is 0.259 e. The third-order valence-electron chi connectivity index (χ3n) is 5.67. The summed E-state index contributed by atoms with van der Waals surface area (Å²) in [5, 5.41) is 3.78. The molecule has 0 bridgehead atoms. The van der Waals surface area contributed by atoms with Crippen molar-refractivity contribution in [3.8, 4) is 5.75 Å². The lowest BCUT2D eigenvalue weighted by Gasteiger charge is -2.36. The average Bonchev–Trinajstić information content (AvgIpc) is 2.81. The fraction of sp³-hybridized carbons (Fsp3) is 0.240. The number of nitrogens with zero attached hydrogens (tertiary/aromatic N) is 2. The van der Waals surface area contributed by atoms with Crippen LogP contribution < -0.4 is 15.0 Å². The quantitative estimate of drug-likeness (QED) is 0.357. The zero-order valence-corrected chi connectivity index (χ0v) is 22.1. The van der Waals surface area contributed by atoms with Crippen LogP contribution in [-0.2, 0) is 6.54 Å². The van der Waals surface area contributed by atoms with Gasteiger partial charge < -0.3 is 15.0 Å². The van der Waals surface area contributed by atoms with Crippen molar-refractivity contribution in [2.24, 2.45) is 0 Å². The summed E-state index contributed by atoms with van der Waals surface area (Å²) in [5.41, 5.74) is 3.51. The van der Waals surface area contributed by atoms with Gasteiger partial charge in [0.05, 0.1) is 17.1 Å². The third kappa shape index (κ3) is 5.90. The van der Waals surface area contributed by atoms with Gasteiger partial charge in [-0.2, -0.15) is 0 Å². The zero-order chi connectivity index (χ0) is 23.4. The summed E-state index contributed by atoms with van der Waals surface area (Å²) < 4.78 is 6.91. The zero-order valence-electron chi connectivity index (χ0n) is 18.2. The van der Waals surface area contributed by atoms with E-state index in [9.17, 15) is 4.79 Å². The van der Waals surface area contributed by atoms with Gasteiger partial charge in [-0.15, -0.1) is 0 Å². The molecule has 172 valence electrons. The molecule has 1 aliphatic rings. The van der Waals surface area contributed by atoms with Crippen molar-refractivity contribution in [2.75, 3.05) is 43.5 Å². The molecule has 1 saturated heterocycles. The highest BCUT2D eigenvalue weighted by atomic mass is 79.9. The van der Waals surface area contributed by atoms with Gasteiger partial charge in [0.25, 0.3) is 5.91 Å². The fourth-order valence-corrected chi connectivity index (χ4v) is 5.50. The van der Waals surface area contributed by atoms with Crippen LogP contribution in [0.4, 0.5) is 11.4 Å². The summed E-state index contributed by atoms with van der Waals surface area (Å²) in [6.45, 7) is 4.70. The fourth-order valence-electron chi connectivity index (χ4n) is 3.92. The highest BCUT2D eigenvalue weighted by Crippen LogP contribution is 2.33. The van der Waals surface area contributed by atoms with Crippen LogP contribution in [0.2, 0.25) is 5.02 Å². The Labute approximate surface area is 215 Å².